The van der Waals surface area contributed by atoms with Crippen LogP contribution in [0.4, 0.5) is 5.95 Å². The summed E-state index contributed by atoms with van der Waals surface area (Å²) in [6, 6.07) is 13.4. The summed E-state index contributed by atoms with van der Waals surface area (Å²) in [6.07, 6.45) is 2.41. The molecule has 0 fully saturated rings. The van der Waals surface area contributed by atoms with Crippen molar-refractivity contribution in [3.8, 4) is 16.3 Å². The number of amides is 1. The van der Waals surface area contributed by atoms with Crippen molar-refractivity contribution >= 4 is 23.2 Å². The van der Waals surface area contributed by atoms with Gasteiger partial charge in [0.05, 0.1) is 22.6 Å². The molecule has 1 aromatic carbocycles. The summed E-state index contributed by atoms with van der Waals surface area (Å²) in [6.45, 7) is 0.545. The summed E-state index contributed by atoms with van der Waals surface area (Å²) >= 11 is 1.41. The second-order valence-corrected chi connectivity index (χ2v) is 6.58. The number of anilines is 1. The molecule has 1 amide bonds. The van der Waals surface area contributed by atoms with Gasteiger partial charge in [-0.3, -0.25) is 4.79 Å². The third-order valence-corrected chi connectivity index (χ3v) is 4.94. The van der Waals surface area contributed by atoms with Crippen LogP contribution in [0.1, 0.15) is 15.2 Å². The minimum Gasteiger partial charge on any atom is -0.496 e. The van der Waals surface area contributed by atoms with E-state index in [4.69, 9.17) is 4.74 Å². The van der Waals surface area contributed by atoms with Gasteiger partial charge in [0, 0.05) is 19.8 Å². The topological polar surface area (TPSA) is 76.1 Å². The van der Waals surface area contributed by atoms with Crippen LogP contribution in [-0.2, 0) is 6.42 Å². The first kappa shape index (κ1) is 17.9. The number of rotatable bonds is 7. The van der Waals surface area contributed by atoms with Gasteiger partial charge in [0.15, 0.2) is 0 Å². The molecule has 0 radical (unpaired) electrons. The molecule has 0 aliphatic rings. The molecule has 3 aromatic rings. The van der Waals surface area contributed by atoms with Crippen molar-refractivity contribution in [3.05, 3.63) is 59.1 Å². The monoisotopic (exact) mass is 368 g/mol. The lowest BCUT2D eigenvalue weighted by molar-refractivity contribution is 0.0958. The number of ether oxygens (including phenoxy) is 1. The summed E-state index contributed by atoms with van der Waals surface area (Å²) < 4.78 is 5.33. The van der Waals surface area contributed by atoms with Gasteiger partial charge in [-0.25, -0.2) is 9.97 Å². The first-order valence-electron chi connectivity index (χ1n) is 8.22. The Balaban J connectivity index is 1.61. The van der Waals surface area contributed by atoms with E-state index in [0.29, 0.717) is 23.8 Å². The zero-order valence-corrected chi connectivity index (χ0v) is 15.5. The van der Waals surface area contributed by atoms with E-state index in [2.05, 4.69) is 20.6 Å². The lowest BCUT2D eigenvalue weighted by Gasteiger charge is -2.08. The number of hydrogen-bond donors (Lipinski definition) is 2. The van der Waals surface area contributed by atoms with E-state index in [1.54, 1.807) is 20.4 Å². The number of nitrogens with one attached hydrogen (secondary N) is 2. The van der Waals surface area contributed by atoms with Crippen molar-refractivity contribution in [2.24, 2.45) is 0 Å². The van der Waals surface area contributed by atoms with E-state index in [1.807, 2.05) is 42.5 Å². The Labute approximate surface area is 156 Å². The van der Waals surface area contributed by atoms with Crippen LogP contribution in [0, 0.1) is 0 Å². The fraction of sp³-hybridized carbons (Fsp3) is 0.211. The Morgan fingerprint density at radius 1 is 1.19 bits per heavy atom. The predicted octanol–water partition coefficient (Wildman–Crippen LogP) is 3.23. The molecule has 0 saturated carbocycles. The molecular weight excluding hydrogens is 348 g/mol. The number of carbonyl (C=O) groups is 1. The van der Waals surface area contributed by atoms with Crippen molar-refractivity contribution in [2.75, 3.05) is 26.0 Å². The molecule has 0 aliphatic carbocycles. The van der Waals surface area contributed by atoms with Gasteiger partial charge in [0.25, 0.3) is 5.91 Å². The minimum absolute atomic E-state index is 0.0842. The van der Waals surface area contributed by atoms with Crippen LogP contribution in [0.5, 0.6) is 5.75 Å². The van der Waals surface area contributed by atoms with E-state index < -0.39 is 0 Å². The molecule has 6 nitrogen and oxygen atoms in total. The van der Waals surface area contributed by atoms with Crippen LogP contribution < -0.4 is 15.4 Å². The summed E-state index contributed by atoms with van der Waals surface area (Å²) in [7, 11) is 3.42. The van der Waals surface area contributed by atoms with Gasteiger partial charge in [0.2, 0.25) is 5.95 Å². The molecule has 0 saturated heterocycles. The Bertz CT molecular complexity index is 895. The fourth-order valence-corrected chi connectivity index (χ4v) is 3.41. The van der Waals surface area contributed by atoms with Crippen molar-refractivity contribution in [2.45, 2.75) is 6.42 Å². The summed E-state index contributed by atoms with van der Waals surface area (Å²) in [4.78, 5) is 22.5. The molecule has 0 bridgehead atoms. The maximum absolute atomic E-state index is 12.4. The summed E-state index contributed by atoms with van der Waals surface area (Å²) in [5.74, 6) is 1.31. The number of thiophene rings is 1. The summed E-state index contributed by atoms with van der Waals surface area (Å²) in [5.41, 5.74) is 1.87. The Hall–Kier alpha value is -2.93. The van der Waals surface area contributed by atoms with E-state index in [9.17, 15) is 4.79 Å². The first-order chi connectivity index (χ1) is 12.7. The Morgan fingerprint density at radius 2 is 2.04 bits per heavy atom. The predicted molar refractivity (Wildman–Crippen MR) is 104 cm³/mol. The molecule has 0 unspecified atom stereocenters. The largest absolute Gasteiger partial charge is 0.496 e. The zero-order chi connectivity index (χ0) is 18.4. The van der Waals surface area contributed by atoms with Gasteiger partial charge < -0.3 is 15.4 Å². The van der Waals surface area contributed by atoms with Gasteiger partial charge in [-0.15, -0.1) is 11.3 Å². The number of carbonyl (C=O) groups excluding carboxylic acids is 1. The number of para-hydroxylation sites is 1. The van der Waals surface area contributed by atoms with Gasteiger partial charge in [-0.05, 0) is 36.2 Å². The molecule has 2 aromatic heterocycles. The highest BCUT2D eigenvalue weighted by Gasteiger charge is 2.11. The van der Waals surface area contributed by atoms with Gasteiger partial charge in [0.1, 0.15) is 5.75 Å². The number of nitrogens with zero attached hydrogens (tertiary/aromatic N) is 2. The highest BCUT2D eigenvalue weighted by Crippen LogP contribution is 2.27. The maximum atomic E-state index is 12.4. The van der Waals surface area contributed by atoms with Crippen LogP contribution in [0.25, 0.3) is 10.6 Å². The smallest absolute Gasteiger partial charge is 0.261 e. The molecule has 2 heterocycles. The third-order valence-electron chi connectivity index (χ3n) is 3.83. The van der Waals surface area contributed by atoms with E-state index in [1.165, 1.54) is 11.3 Å². The summed E-state index contributed by atoms with van der Waals surface area (Å²) in [5, 5.41) is 5.87. The average Bonchev–Trinajstić information content (AvgIpc) is 3.19. The second-order valence-electron chi connectivity index (χ2n) is 5.50. The molecule has 2 N–H and O–H groups in total. The molecule has 0 spiro atoms. The first-order valence-corrected chi connectivity index (χ1v) is 9.04. The van der Waals surface area contributed by atoms with Crippen LogP contribution >= 0.6 is 11.3 Å². The average molecular weight is 368 g/mol. The van der Waals surface area contributed by atoms with Gasteiger partial charge in [-0.2, -0.15) is 0 Å². The number of methoxy groups -OCH3 is 1. The molecule has 26 heavy (non-hydrogen) atoms. The molecule has 3 rings (SSSR count). The second kappa shape index (κ2) is 8.44. The van der Waals surface area contributed by atoms with E-state index in [0.717, 1.165) is 21.9 Å². The Kier molecular flexibility index (Phi) is 5.80. The third kappa shape index (κ3) is 4.18. The maximum Gasteiger partial charge on any atom is 0.261 e. The molecule has 7 heteroatoms. The quantitative estimate of drug-likeness (QED) is 0.670. The normalized spacial score (nSPS) is 10.4. The van der Waals surface area contributed by atoms with Gasteiger partial charge >= 0.3 is 0 Å². The lowest BCUT2D eigenvalue weighted by Crippen LogP contribution is -2.24. The standard InChI is InChI=1S/C19H20N4O2S/c1-20-19-22-12-10-14(23-19)16-7-8-17(26-16)18(24)21-11-9-13-5-3-4-6-15(13)25-2/h3-8,10,12H,9,11H2,1-2H3,(H,21,24)(H,20,22,23). The Morgan fingerprint density at radius 3 is 2.85 bits per heavy atom. The van der Waals surface area contributed by atoms with Crippen molar-refractivity contribution in [1.29, 1.82) is 0 Å². The fourth-order valence-electron chi connectivity index (χ4n) is 2.52. The van der Waals surface area contributed by atoms with Crippen molar-refractivity contribution < 1.29 is 9.53 Å². The molecule has 134 valence electrons. The van der Waals surface area contributed by atoms with Crippen LogP contribution in [-0.4, -0.2) is 36.6 Å². The van der Waals surface area contributed by atoms with E-state index in [-0.39, 0.29) is 5.91 Å². The van der Waals surface area contributed by atoms with Crippen LogP contribution in [0.3, 0.4) is 0 Å². The van der Waals surface area contributed by atoms with Gasteiger partial charge in [-0.1, -0.05) is 18.2 Å². The molecular formula is C19H20N4O2S. The minimum atomic E-state index is -0.0842. The van der Waals surface area contributed by atoms with Crippen LogP contribution in [0.2, 0.25) is 0 Å². The van der Waals surface area contributed by atoms with E-state index >= 15 is 0 Å². The zero-order valence-electron chi connectivity index (χ0n) is 14.7. The van der Waals surface area contributed by atoms with Crippen molar-refractivity contribution in [1.82, 2.24) is 15.3 Å². The number of hydrogen-bond acceptors (Lipinski definition) is 6. The van der Waals surface area contributed by atoms with Crippen molar-refractivity contribution in [3.63, 3.8) is 0 Å². The molecule has 0 aliphatic heterocycles. The number of benzene rings is 1. The lowest BCUT2D eigenvalue weighted by atomic mass is 10.1. The highest BCUT2D eigenvalue weighted by molar-refractivity contribution is 7.17. The molecule has 0 atom stereocenters. The highest BCUT2D eigenvalue weighted by atomic mass is 32.1. The van der Waals surface area contributed by atoms with Crippen LogP contribution in [0.15, 0.2) is 48.7 Å². The number of aromatic nitrogens is 2. The SMILES string of the molecule is CNc1nccc(-c2ccc(C(=O)NCCc3ccccc3OC)s2)n1.